The molecule has 3 rings (SSSR count). The average molecular weight is 352 g/mol. The lowest BCUT2D eigenvalue weighted by atomic mass is 10.2. The molecule has 1 aromatic heterocycles. The SMILES string of the molecule is O=C(Nc1nnc(-c2cc(Cl)cc(Cl)c2)o1)c1ccccc1F. The highest BCUT2D eigenvalue weighted by atomic mass is 35.5. The van der Waals surface area contributed by atoms with Crippen LogP contribution in [-0.2, 0) is 0 Å². The highest BCUT2D eigenvalue weighted by Gasteiger charge is 2.15. The van der Waals surface area contributed by atoms with E-state index in [4.69, 9.17) is 27.6 Å². The molecule has 0 aliphatic rings. The molecular formula is C15H8Cl2FN3O2. The number of anilines is 1. The van der Waals surface area contributed by atoms with E-state index in [2.05, 4.69) is 15.5 Å². The molecule has 23 heavy (non-hydrogen) atoms. The lowest BCUT2D eigenvalue weighted by Crippen LogP contribution is -2.13. The van der Waals surface area contributed by atoms with Gasteiger partial charge in [0, 0.05) is 15.6 Å². The van der Waals surface area contributed by atoms with E-state index in [1.54, 1.807) is 24.3 Å². The number of hydrogen-bond donors (Lipinski definition) is 1. The van der Waals surface area contributed by atoms with Crippen molar-refractivity contribution in [2.24, 2.45) is 0 Å². The van der Waals surface area contributed by atoms with Crippen LogP contribution in [0.3, 0.4) is 0 Å². The van der Waals surface area contributed by atoms with Crippen molar-refractivity contribution in [2.45, 2.75) is 0 Å². The Morgan fingerprint density at radius 2 is 1.78 bits per heavy atom. The fraction of sp³-hybridized carbons (Fsp3) is 0. The second-order valence-corrected chi connectivity index (χ2v) is 5.38. The number of aromatic nitrogens is 2. The molecule has 1 amide bonds. The molecule has 0 atom stereocenters. The Bertz CT molecular complexity index is 862. The van der Waals surface area contributed by atoms with Gasteiger partial charge in [-0.25, -0.2) is 4.39 Å². The zero-order valence-corrected chi connectivity index (χ0v) is 12.9. The Balaban J connectivity index is 1.82. The number of carbonyl (C=O) groups is 1. The summed E-state index contributed by atoms with van der Waals surface area (Å²) >= 11 is 11.8. The monoisotopic (exact) mass is 351 g/mol. The largest absolute Gasteiger partial charge is 0.403 e. The summed E-state index contributed by atoms with van der Waals surface area (Å²) in [5, 5.41) is 10.6. The lowest BCUT2D eigenvalue weighted by Gasteiger charge is -2.01. The molecule has 2 aromatic carbocycles. The first-order valence-corrected chi connectivity index (χ1v) is 7.14. The molecule has 0 unspecified atom stereocenters. The Hall–Kier alpha value is -2.44. The normalized spacial score (nSPS) is 10.6. The molecule has 1 heterocycles. The van der Waals surface area contributed by atoms with Crippen molar-refractivity contribution in [3.8, 4) is 11.5 Å². The highest BCUT2D eigenvalue weighted by Crippen LogP contribution is 2.27. The summed E-state index contributed by atoms with van der Waals surface area (Å²) in [7, 11) is 0. The van der Waals surface area contributed by atoms with Gasteiger partial charge in [-0.05, 0) is 30.3 Å². The van der Waals surface area contributed by atoms with Crippen LogP contribution in [0.1, 0.15) is 10.4 Å². The van der Waals surface area contributed by atoms with Crippen molar-refractivity contribution < 1.29 is 13.6 Å². The first-order chi connectivity index (χ1) is 11.0. The van der Waals surface area contributed by atoms with Crippen molar-refractivity contribution in [2.75, 3.05) is 5.32 Å². The fourth-order valence-corrected chi connectivity index (χ4v) is 2.40. The molecule has 3 aromatic rings. The predicted octanol–water partition coefficient (Wildman–Crippen LogP) is 4.43. The summed E-state index contributed by atoms with van der Waals surface area (Å²) in [6, 6.07) is 10.1. The second-order valence-electron chi connectivity index (χ2n) is 4.50. The third-order valence-electron chi connectivity index (χ3n) is 2.87. The lowest BCUT2D eigenvalue weighted by molar-refractivity contribution is 0.102. The van der Waals surface area contributed by atoms with E-state index in [9.17, 15) is 9.18 Å². The maximum Gasteiger partial charge on any atom is 0.322 e. The molecule has 0 saturated heterocycles. The molecule has 0 spiro atoms. The first kappa shape index (κ1) is 15.5. The van der Waals surface area contributed by atoms with Gasteiger partial charge in [0.25, 0.3) is 5.91 Å². The number of nitrogens with one attached hydrogen (secondary N) is 1. The van der Waals surface area contributed by atoms with Crippen molar-refractivity contribution in [3.63, 3.8) is 0 Å². The van der Waals surface area contributed by atoms with Crippen LogP contribution < -0.4 is 5.32 Å². The highest BCUT2D eigenvalue weighted by molar-refractivity contribution is 6.35. The summed E-state index contributed by atoms with van der Waals surface area (Å²) < 4.78 is 18.9. The minimum absolute atomic E-state index is 0.123. The molecule has 0 aliphatic carbocycles. The Morgan fingerprint density at radius 3 is 2.48 bits per heavy atom. The van der Waals surface area contributed by atoms with Gasteiger partial charge in [-0.15, -0.1) is 5.10 Å². The molecule has 0 radical (unpaired) electrons. The van der Waals surface area contributed by atoms with Gasteiger partial charge in [-0.2, -0.15) is 0 Å². The van der Waals surface area contributed by atoms with Gasteiger partial charge in [0.1, 0.15) is 5.82 Å². The molecule has 0 fully saturated rings. The first-order valence-electron chi connectivity index (χ1n) is 6.39. The maximum atomic E-state index is 13.5. The zero-order valence-electron chi connectivity index (χ0n) is 11.4. The number of benzene rings is 2. The predicted molar refractivity (Wildman–Crippen MR) is 84.1 cm³/mol. The number of rotatable bonds is 3. The third-order valence-corrected chi connectivity index (χ3v) is 3.31. The van der Waals surface area contributed by atoms with Crippen LogP contribution in [0.25, 0.3) is 11.5 Å². The molecule has 8 heteroatoms. The zero-order chi connectivity index (χ0) is 16.4. The second kappa shape index (κ2) is 6.36. The molecular weight excluding hydrogens is 344 g/mol. The van der Waals surface area contributed by atoms with Crippen LogP contribution in [0.15, 0.2) is 46.9 Å². The van der Waals surface area contributed by atoms with E-state index < -0.39 is 11.7 Å². The quantitative estimate of drug-likeness (QED) is 0.757. The molecule has 5 nitrogen and oxygen atoms in total. The maximum absolute atomic E-state index is 13.5. The standard InChI is InChI=1S/C15H8Cl2FN3O2/c16-9-5-8(6-10(17)7-9)14-20-21-15(23-14)19-13(22)11-3-1-2-4-12(11)18/h1-7H,(H,19,21,22). The van der Waals surface area contributed by atoms with Gasteiger partial charge in [-0.1, -0.05) is 40.4 Å². The van der Waals surface area contributed by atoms with E-state index in [1.807, 2.05) is 0 Å². The van der Waals surface area contributed by atoms with Gasteiger partial charge < -0.3 is 4.42 Å². The van der Waals surface area contributed by atoms with Gasteiger partial charge in [0.05, 0.1) is 5.56 Å². The minimum Gasteiger partial charge on any atom is -0.403 e. The third kappa shape index (κ3) is 3.49. The Labute approximate surface area is 140 Å². The number of carbonyl (C=O) groups excluding carboxylic acids is 1. The van der Waals surface area contributed by atoms with Crippen molar-refractivity contribution in [3.05, 3.63) is 63.9 Å². The number of nitrogens with zero attached hydrogens (tertiary/aromatic N) is 2. The van der Waals surface area contributed by atoms with Crippen molar-refractivity contribution >= 4 is 35.1 Å². The van der Waals surface area contributed by atoms with Gasteiger partial charge >= 0.3 is 6.01 Å². The van der Waals surface area contributed by atoms with Gasteiger partial charge in [-0.3, -0.25) is 10.1 Å². The van der Waals surface area contributed by atoms with Gasteiger partial charge in [0.2, 0.25) is 5.89 Å². The van der Waals surface area contributed by atoms with E-state index in [0.29, 0.717) is 15.6 Å². The Kier molecular flexibility index (Phi) is 4.27. The molecule has 0 saturated carbocycles. The average Bonchev–Trinajstić information content (AvgIpc) is 2.95. The Morgan fingerprint density at radius 1 is 1.09 bits per heavy atom. The van der Waals surface area contributed by atoms with Gasteiger partial charge in [0.15, 0.2) is 0 Å². The van der Waals surface area contributed by atoms with E-state index in [1.165, 1.54) is 18.2 Å². The van der Waals surface area contributed by atoms with Crippen molar-refractivity contribution in [1.29, 1.82) is 0 Å². The molecule has 116 valence electrons. The summed E-state index contributed by atoms with van der Waals surface area (Å²) in [5.41, 5.74) is 0.374. The smallest absolute Gasteiger partial charge is 0.322 e. The minimum atomic E-state index is -0.692. The summed E-state index contributed by atoms with van der Waals surface area (Å²) in [6.45, 7) is 0. The summed E-state index contributed by atoms with van der Waals surface area (Å²) in [6.07, 6.45) is 0. The summed E-state index contributed by atoms with van der Waals surface area (Å²) in [4.78, 5) is 12.0. The molecule has 0 aliphatic heterocycles. The summed E-state index contributed by atoms with van der Waals surface area (Å²) in [5.74, 6) is -1.22. The van der Waals surface area contributed by atoms with E-state index in [0.717, 1.165) is 0 Å². The van der Waals surface area contributed by atoms with E-state index in [-0.39, 0.29) is 17.5 Å². The van der Waals surface area contributed by atoms with Crippen LogP contribution in [0, 0.1) is 5.82 Å². The van der Waals surface area contributed by atoms with Crippen LogP contribution in [0.2, 0.25) is 10.0 Å². The van der Waals surface area contributed by atoms with Crippen LogP contribution in [0.5, 0.6) is 0 Å². The van der Waals surface area contributed by atoms with Crippen LogP contribution >= 0.6 is 23.2 Å². The fourth-order valence-electron chi connectivity index (χ4n) is 1.88. The number of halogens is 3. The topological polar surface area (TPSA) is 68.0 Å². The van der Waals surface area contributed by atoms with Crippen molar-refractivity contribution in [1.82, 2.24) is 10.2 Å². The number of amides is 1. The molecule has 0 bridgehead atoms. The van der Waals surface area contributed by atoms with E-state index >= 15 is 0 Å². The number of hydrogen-bond acceptors (Lipinski definition) is 4. The van der Waals surface area contributed by atoms with Crippen LogP contribution in [0.4, 0.5) is 10.4 Å². The van der Waals surface area contributed by atoms with Crippen LogP contribution in [-0.4, -0.2) is 16.1 Å². The molecule has 1 N–H and O–H groups in total.